The number of aromatic nitrogens is 2. The van der Waals surface area contributed by atoms with E-state index in [0.29, 0.717) is 23.4 Å². The molecule has 0 aliphatic rings. The zero-order valence-electron chi connectivity index (χ0n) is 14.8. The van der Waals surface area contributed by atoms with Gasteiger partial charge in [-0.3, -0.25) is 4.79 Å². The van der Waals surface area contributed by atoms with Crippen molar-refractivity contribution >= 4 is 23.4 Å². The summed E-state index contributed by atoms with van der Waals surface area (Å²) in [6.07, 6.45) is 0. The number of amides is 1. The number of carbonyl (C=O) groups is 1. The Bertz CT molecular complexity index is 853. The summed E-state index contributed by atoms with van der Waals surface area (Å²) in [5.41, 5.74) is 0.700. The molecule has 1 aromatic heterocycles. The number of anilines is 1. The van der Waals surface area contributed by atoms with E-state index in [9.17, 15) is 4.79 Å². The highest BCUT2D eigenvalue weighted by atomic mass is 32.2. The van der Waals surface area contributed by atoms with Crippen LogP contribution in [0.25, 0.3) is 0 Å². The van der Waals surface area contributed by atoms with Gasteiger partial charge in [0, 0.05) is 5.69 Å². The molecule has 1 N–H and O–H groups in total. The average Bonchev–Trinajstić information content (AvgIpc) is 3.15. The van der Waals surface area contributed by atoms with Crippen LogP contribution in [0.1, 0.15) is 12.8 Å². The van der Waals surface area contributed by atoms with E-state index in [4.69, 9.17) is 13.9 Å². The summed E-state index contributed by atoms with van der Waals surface area (Å²) in [4.78, 5) is 12.0. The number of carbonyl (C=O) groups excluding carboxylic acids is 1. The van der Waals surface area contributed by atoms with Crippen molar-refractivity contribution in [1.29, 1.82) is 0 Å². The summed E-state index contributed by atoms with van der Waals surface area (Å²) in [6.45, 7) is 2.70. The Hall–Kier alpha value is -3.00. The van der Waals surface area contributed by atoms with Crippen LogP contribution in [0.4, 0.5) is 5.69 Å². The quantitative estimate of drug-likeness (QED) is 0.561. The molecule has 7 nitrogen and oxygen atoms in total. The maximum absolute atomic E-state index is 12.0. The molecule has 1 heterocycles. The molecule has 0 aliphatic heterocycles. The zero-order valence-corrected chi connectivity index (χ0v) is 15.6. The summed E-state index contributed by atoms with van der Waals surface area (Å²) in [5.74, 6) is 1.84. The summed E-state index contributed by atoms with van der Waals surface area (Å²) in [7, 11) is 0. The fourth-order valence-electron chi connectivity index (χ4n) is 2.14. The predicted octanol–water partition coefficient (Wildman–Crippen LogP) is 3.78. The van der Waals surface area contributed by atoms with Gasteiger partial charge in [-0.1, -0.05) is 30.0 Å². The molecule has 8 heteroatoms. The molecular formula is C19H19N3O4S. The molecule has 0 bridgehead atoms. The molecule has 0 saturated carbocycles. The van der Waals surface area contributed by atoms with E-state index in [-0.39, 0.29) is 18.3 Å². The third-order valence-corrected chi connectivity index (χ3v) is 4.15. The minimum absolute atomic E-state index is 0.161. The van der Waals surface area contributed by atoms with Crippen molar-refractivity contribution in [3.05, 3.63) is 60.5 Å². The predicted molar refractivity (Wildman–Crippen MR) is 102 cm³/mol. The minimum Gasteiger partial charge on any atom is -0.494 e. The lowest BCUT2D eigenvalue weighted by molar-refractivity contribution is -0.113. The number of nitrogens with zero attached hydrogens (tertiary/aromatic N) is 2. The van der Waals surface area contributed by atoms with Crippen molar-refractivity contribution in [3.8, 4) is 11.5 Å². The highest BCUT2D eigenvalue weighted by Gasteiger charge is 2.10. The molecule has 140 valence electrons. The summed E-state index contributed by atoms with van der Waals surface area (Å²) < 4.78 is 16.4. The molecule has 0 fully saturated rings. The molecule has 0 atom stereocenters. The number of benzene rings is 2. The topological polar surface area (TPSA) is 86.5 Å². The van der Waals surface area contributed by atoms with E-state index in [1.54, 1.807) is 12.1 Å². The molecular weight excluding hydrogens is 366 g/mol. The summed E-state index contributed by atoms with van der Waals surface area (Å²) in [6, 6.07) is 16.6. The third kappa shape index (κ3) is 6.03. The molecule has 2 aromatic carbocycles. The van der Waals surface area contributed by atoms with Gasteiger partial charge in [-0.05, 0) is 43.3 Å². The first-order chi connectivity index (χ1) is 13.2. The molecule has 3 rings (SSSR count). The standard InChI is InChI=1S/C19H19N3O4S/c1-2-24-16-10-8-14(9-11-16)20-17(23)13-27-19-22-21-18(26-19)12-25-15-6-4-3-5-7-15/h3-11H,2,12-13H2,1H3,(H,20,23). The van der Waals surface area contributed by atoms with Crippen LogP contribution in [0, 0.1) is 0 Å². The van der Waals surface area contributed by atoms with E-state index in [2.05, 4.69) is 15.5 Å². The average molecular weight is 385 g/mol. The van der Waals surface area contributed by atoms with Crippen LogP contribution in [-0.4, -0.2) is 28.5 Å². The number of thioether (sulfide) groups is 1. The normalized spacial score (nSPS) is 10.4. The van der Waals surface area contributed by atoms with Crippen molar-refractivity contribution in [1.82, 2.24) is 10.2 Å². The maximum Gasteiger partial charge on any atom is 0.277 e. The number of para-hydroxylation sites is 1. The molecule has 1 amide bonds. The van der Waals surface area contributed by atoms with Crippen LogP contribution in [0.15, 0.2) is 64.2 Å². The second kappa shape index (κ2) is 9.63. The van der Waals surface area contributed by atoms with E-state index in [1.807, 2.05) is 49.4 Å². The van der Waals surface area contributed by atoms with Gasteiger partial charge in [0.25, 0.3) is 11.1 Å². The molecule has 0 unspecified atom stereocenters. The van der Waals surface area contributed by atoms with Crippen molar-refractivity contribution in [2.45, 2.75) is 18.8 Å². The van der Waals surface area contributed by atoms with Crippen LogP contribution < -0.4 is 14.8 Å². The van der Waals surface area contributed by atoms with Crippen molar-refractivity contribution in [3.63, 3.8) is 0 Å². The molecule has 0 saturated heterocycles. The molecule has 3 aromatic rings. The fraction of sp³-hybridized carbons (Fsp3) is 0.211. The minimum atomic E-state index is -0.163. The highest BCUT2D eigenvalue weighted by molar-refractivity contribution is 7.99. The van der Waals surface area contributed by atoms with Crippen LogP contribution in [0.5, 0.6) is 11.5 Å². The summed E-state index contributed by atoms with van der Waals surface area (Å²) >= 11 is 1.17. The van der Waals surface area contributed by atoms with Crippen LogP contribution in [-0.2, 0) is 11.4 Å². The van der Waals surface area contributed by atoms with Gasteiger partial charge in [0.15, 0.2) is 6.61 Å². The van der Waals surface area contributed by atoms with Crippen LogP contribution >= 0.6 is 11.8 Å². The third-order valence-electron chi connectivity index (χ3n) is 3.33. The Labute approximate surface area is 161 Å². The number of rotatable bonds is 9. The Kier molecular flexibility index (Phi) is 6.70. The number of ether oxygens (including phenoxy) is 2. The second-order valence-corrected chi connectivity index (χ2v) is 6.28. The van der Waals surface area contributed by atoms with Crippen molar-refractivity contribution in [2.75, 3.05) is 17.7 Å². The lowest BCUT2D eigenvalue weighted by atomic mass is 10.3. The van der Waals surface area contributed by atoms with E-state index < -0.39 is 0 Å². The lowest BCUT2D eigenvalue weighted by Crippen LogP contribution is -2.13. The Balaban J connectivity index is 1.43. The van der Waals surface area contributed by atoms with Crippen LogP contribution in [0.2, 0.25) is 0 Å². The first-order valence-corrected chi connectivity index (χ1v) is 9.37. The second-order valence-electron chi connectivity index (χ2n) is 5.36. The van der Waals surface area contributed by atoms with E-state index >= 15 is 0 Å². The zero-order chi connectivity index (χ0) is 18.9. The monoisotopic (exact) mass is 385 g/mol. The van der Waals surface area contributed by atoms with Crippen LogP contribution in [0.3, 0.4) is 0 Å². The lowest BCUT2D eigenvalue weighted by Gasteiger charge is -2.06. The van der Waals surface area contributed by atoms with E-state index in [1.165, 1.54) is 11.8 Å². The number of nitrogens with one attached hydrogen (secondary N) is 1. The maximum atomic E-state index is 12.0. The Morgan fingerprint density at radius 2 is 1.78 bits per heavy atom. The number of hydrogen-bond acceptors (Lipinski definition) is 7. The van der Waals surface area contributed by atoms with Gasteiger partial charge < -0.3 is 19.2 Å². The molecule has 0 spiro atoms. The fourth-order valence-corrected chi connectivity index (χ4v) is 2.72. The largest absolute Gasteiger partial charge is 0.494 e. The Morgan fingerprint density at radius 3 is 2.52 bits per heavy atom. The van der Waals surface area contributed by atoms with Gasteiger partial charge in [-0.15, -0.1) is 10.2 Å². The summed E-state index contributed by atoms with van der Waals surface area (Å²) in [5, 5.41) is 10.9. The van der Waals surface area contributed by atoms with Gasteiger partial charge in [0.05, 0.1) is 12.4 Å². The molecule has 27 heavy (non-hydrogen) atoms. The van der Waals surface area contributed by atoms with E-state index in [0.717, 1.165) is 11.5 Å². The Morgan fingerprint density at radius 1 is 1.04 bits per heavy atom. The molecule has 0 aliphatic carbocycles. The first kappa shape index (κ1) is 18.8. The van der Waals surface area contributed by atoms with Gasteiger partial charge >= 0.3 is 0 Å². The number of hydrogen-bond donors (Lipinski definition) is 1. The highest BCUT2D eigenvalue weighted by Crippen LogP contribution is 2.19. The smallest absolute Gasteiger partial charge is 0.277 e. The van der Waals surface area contributed by atoms with Gasteiger partial charge in [0.1, 0.15) is 11.5 Å². The van der Waals surface area contributed by atoms with Gasteiger partial charge in [-0.2, -0.15) is 0 Å². The first-order valence-electron chi connectivity index (χ1n) is 8.38. The van der Waals surface area contributed by atoms with Crippen molar-refractivity contribution in [2.24, 2.45) is 0 Å². The molecule has 0 radical (unpaired) electrons. The van der Waals surface area contributed by atoms with Gasteiger partial charge in [0.2, 0.25) is 5.91 Å². The van der Waals surface area contributed by atoms with Crippen molar-refractivity contribution < 1.29 is 18.7 Å². The van der Waals surface area contributed by atoms with Gasteiger partial charge in [-0.25, -0.2) is 0 Å². The SMILES string of the molecule is CCOc1ccc(NC(=O)CSc2nnc(COc3ccccc3)o2)cc1.